The van der Waals surface area contributed by atoms with Gasteiger partial charge in [0.15, 0.2) is 0 Å². The number of likely N-dealkylation sites (tertiary alicyclic amines) is 1. The first-order valence-corrected chi connectivity index (χ1v) is 7.62. The van der Waals surface area contributed by atoms with Crippen LogP contribution in [0.4, 0.5) is 4.39 Å². The van der Waals surface area contributed by atoms with Crippen LogP contribution in [0.5, 0.6) is 0 Å². The van der Waals surface area contributed by atoms with Crippen molar-refractivity contribution in [2.75, 3.05) is 6.54 Å². The number of amides is 1. The van der Waals surface area contributed by atoms with E-state index in [0.29, 0.717) is 11.4 Å². The van der Waals surface area contributed by atoms with Crippen LogP contribution in [0.15, 0.2) is 24.3 Å². The van der Waals surface area contributed by atoms with Gasteiger partial charge in [0, 0.05) is 23.3 Å². The van der Waals surface area contributed by atoms with Crippen molar-refractivity contribution in [1.82, 2.24) is 4.90 Å². The first kappa shape index (κ1) is 13.5. The zero-order valence-electron chi connectivity index (χ0n) is 11.3. The van der Waals surface area contributed by atoms with E-state index in [-0.39, 0.29) is 23.8 Å². The summed E-state index contributed by atoms with van der Waals surface area (Å²) in [6.45, 7) is 2.73. The second kappa shape index (κ2) is 5.14. The summed E-state index contributed by atoms with van der Waals surface area (Å²) in [6.07, 6.45) is 1.68. The van der Waals surface area contributed by atoms with Gasteiger partial charge in [0.25, 0.3) is 5.91 Å². The highest BCUT2D eigenvalue weighted by molar-refractivity contribution is 7.20. The molecule has 2 atom stereocenters. The molecule has 1 aromatic carbocycles. The predicted molar refractivity (Wildman–Crippen MR) is 79.5 cm³/mol. The molecule has 1 amide bonds. The first-order valence-electron chi connectivity index (χ1n) is 6.80. The van der Waals surface area contributed by atoms with E-state index < -0.39 is 0 Å². The molecule has 1 aliphatic heterocycles. The topological polar surface area (TPSA) is 46.3 Å². The van der Waals surface area contributed by atoms with Crippen molar-refractivity contribution < 1.29 is 9.18 Å². The van der Waals surface area contributed by atoms with Crippen molar-refractivity contribution in [3.8, 4) is 0 Å². The van der Waals surface area contributed by atoms with Crippen LogP contribution >= 0.6 is 11.3 Å². The highest BCUT2D eigenvalue weighted by Crippen LogP contribution is 2.29. The number of carbonyl (C=O) groups is 1. The number of hydrogen-bond acceptors (Lipinski definition) is 3. The lowest BCUT2D eigenvalue weighted by atomic mass is 9.99. The second-order valence-electron chi connectivity index (χ2n) is 5.42. The largest absolute Gasteiger partial charge is 0.335 e. The van der Waals surface area contributed by atoms with Gasteiger partial charge < -0.3 is 10.6 Å². The third-order valence-corrected chi connectivity index (χ3v) is 4.96. The summed E-state index contributed by atoms with van der Waals surface area (Å²) >= 11 is 1.35. The van der Waals surface area contributed by atoms with E-state index in [2.05, 4.69) is 0 Å². The molecule has 1 saturated heterocycles. The summed E-state index contributed by atoms with van der Waals surface area (Å²) in [7, 11) is 0. The molecule has 0 saturated carbocycles. The van der Waals surface area contributed by atoms with Gasteiger partial charge in [0.05, 0.1) is 4.88 Å². The van der Waals surface area contributed by atoms with Gasteiger partial charge in [-0.3, -0.25) is 4.79 Å². The molecular formula is C15H17FN2OS. The van der Waals surface area contributed by atoms with Gasteiger partial charge >= 0.3 is 0 Å². The predicted octanol–water partition coefficient (Wildman–Crippen LogP) is 2.99. The minimum atomic E-state index is -0.268. The lowest BCUT2D eigenvalue weighted by molar-refractivity contribution is 0.0624. The van der Waals surface area contributed by atoms with E-state index in [4.69, 9.17) is 5.73 Å². The SMILES string of the molecule is CC1CC(N)CCN1C(=O)c1cc2ccc(F)cc2s1. The second-order valence-corrected chi connectivity index (χ2v) is 6.51. The van der Waals surface area contributed by atoms with Gasteiger partial charge in [-0.1, -0.05) is 6.07 Å². The Morgan fingerprint density at radius 3 is 3.00 bits per heavy atom. The fraction of sp³-hybridized carbons (Fsp3) is 0.400. The molecular weight excluding hydrogens is 275 g/mol. The smallest absolute Gasteiger partial charge is 0.264 e. The van der Waals surface area contributed by atoms with Gasteiger partial charge in [-0.25, -0.2) is 4.39 Å². The maximum Gasteiger partial charge on any atom is 0.264 e. The molecule has 1 fully saturated rings. The zero-order chi connectivity index (χ0) is 14.3. The minimum absolute atomic E-state index is 0.0333. The number of halogens is 1. The number of nitrogens with zero attached hydrogens (tertiary/aromatic N) is 1. The standard InChI is InChI=1S/C15H17FN2OS/c1-9-6-12(17)4-5-18(9)15(19)14-7-10-2-3-11(16)8-13(10)20-14/h2-3,7-9,12H,4-6,17H2,1H3. The van der Waals surface area contributed by atoms with Crippen molar-refractivity contribution in [1.29, 1.82) is 0 Å². The summed E-state index contributed by atoms with van der Waals surface area (Å²) in [5.74, 6) is -0.235. The summed E-state index contributed by atoms with van der Waals surface area (Å²) < 4.78 is 14.0. The molecule has 0 aliphatic carbocycles. The fourth-order valence-corrected chi connectivity index (χ4v) is 3.81. The van der Waals surface area contributed by atoms with Gasteiger partial charge in [0.1, 0.15) is 5.82 Å². The van der Waals surface area contributed by atoms with Crippen LogP contribution in [0.3, 0.4) is 0 Å². The number of rotatable bonds is 1. The number of hydrogen-bond donors (Lipinski definition) is 1. The molecule has 1 aromatic heterocycles. The molecule has 0 spiro atoms. The molecule has 2 N–H and O–H groups in total. The molecule has 3 nitrogen and oxygen atoms in total. The van der Waals surface area contributed by atoms with Crippen molar-refractivity contribution >= 4 is 27.3 Å². The van der Waals surface area contributed by atoms with Crippen LogP contribution in [0.2, 0.25) is 0 Å². The fourth-order valence-electron chi connectivity index (χ4n) is 2.76. The van der Waals surface area contributed by atoms with Crippen LogP contribution in [0.1, 0.15) is 29.4 Å². The Labute approximate surface area is 121 Å². The quantitative estimate of drug-likeness (QED) is 0.878. The van der Waals surface area contributed by atoms with Crippen molar-refractivity contribution in [3.63, 3.8) is 0 Å². The summed E-state index contributed by atoms with van der Waals surface area (Å²) in [6, 6.07) is 6.81. The number of piperidine rings is 1. The Bertz CT molecular complexity index is 654. The Kier molecular flexibility index (Phi) is 3.48. The summed E-state index contributed by atoms with van der Waals surface area (Å²) in [5, 5.41) is 0.918. The molecule has 1 aliphatic rings. The molecule has 106 valence electrons. The van der Waals surface area contributed by atoms with Crippen LogP contribution in [-0.2, 0) is 0 Å². The average Bonchev–Trinajstić information content (AvgIpc) is 2.81. The van der Waals surface area contributed by atoms with Crippen molar-refractivity contribution in [3.05, 3.63) is 35.0 Å². The number of benzene rings is 1. The Balaban J connectivity index is 1.88. The van der Waals surface area contributed by atoms with Gasteiger partial charge in [-0.15, -0.1) is 11.3 Å². The number of thiophene rings is 1. The van der Waals surface area contributed by atoms with Crippen LogP contribution in [-0.4, -0.2) is 29.4 Å². The van der Waals surface area contributed by atoms with Crippen LogP contribution in [0, 0.1) is 5.82 Å². The molecule has 2 aromatic rings. The van der Waals surface area contributed by atoms with E-state index >= 15 is 0 Å². The monoisotopic (exact) mass is 292 g/mol. The number of nitrogens with two attached hydrogens (primary N) is 1. The summed E-state index contributed by atoms with van der Waals surface area (Å²) in [5.41, 5.74) is 5.93. The Morgan fingerprint density at radius 1 is 1.45 bits per heavy atom. The Hall–Kier alpha value is -1.46. The maximum atomic E-state index is 13.2. The van der Waals surface area contributed by atoms with Gasteiger partial charge in [-0.2, -0.15) is 0 Å². The normalized spacial score (nSPS) is 23.2. The van der Waals surface area contributed by atoms with E-state index in [1.807, 2.05) is 17.9 Å². The molecule has 0 radical (unpaired) electrons. The first-order chi connectivity index (χ1) is 9.54. The third-order valence-electron chi connectivity index (χ3n) is 3.87. The van der Waals surface area contributed by atoms with Crippen molar-refractivity contribution in [2.45, 2.75) is 31.8 Å². The van der Waals surface area contributed by atoms with E-state index in [9.17, 15) is 9.18 Å². The highest BCUT2D eigenvalue weighted by atomic mass is 32.1. The van der Waals surface area contributed by atoms with Crippen LogP contribution in [0.25, 0.3) is 10.1 Å². The van der Waals surface area contributed by atoms with Gasteiger partial charge in [-0.05, 0) is 43.4 Å². The minimum Gasteiger partial charge on any atom is -0.335 e. The summed E-state index contributed by atoms with van der Waals surface area (Å²) in [4.78, 5) is 15.1. The molecule has 20 heavy (non-hydrogen) atoms. The van der Waals surface area contributed by atoms with E-state index in [1.54, 1.807) is 6.07 Å². The van der Waals surface area contributed by atoms with E-state index in [1.165, 1.54) is 23.5 Å². The number of carbonyl (C=O) groups excluding carboxylic acids is 1. The number of fused-ring (bicyclic) bond motifs is 1. The van der Waals surface area contributed by atoms with Gasteiger partial charge in [0.2, 0.25) is 0 Å². The molecule has 0 bridgehead atoms. The highest BCUT2D eigenvalue weighted by Gasteiger charge is 2.28. The lowest BCUT2D eigenvalue weighted by Gasteiger charge is -2.36. The van der Waals surface area contributed by atoms with Crippen molar-refractivity contribution in [2.24, 2.45) is 5.73 Å². The maximum absolute atomic E-state index is 13.2. The Morgan fingerprint density at radius 2 is 2.25 bits per heavy atom. The van der Waals surface area contributed by atoms with E-state index in [0.717, 1.165) is 22.9 Å². The lowest BCUT2D eigenvalue weighted by Crippen LogP contribution is -2.48. The average molecular weight is 292 g/mol. The third kappa shape index (κ3) is 2.43. The van der Waals surface area contributed by atoms with Crippen LogP contribution < -0.4 is 5.73 Å². The zero-order valence-corrected chi connectivity index (χ0v) is 12.1. The molecule has 2 unspecified atom stereocenters. The molecule has 2 heterocycles. The molecule has 3 rings (SSSR count). The molecule has 5 heteroatoms.